The average molecular weight is 602 g/mol. The Labute approximate surface area is 261 Å². The van der Waals surface area contributed by atoms with E-state index in [0.29, 0.717) is 42.1 Å². The van der Waals surface area contributed by atoms with Gasteiger partial charge in [-0.15, -0.1) is 0 Å². The van der Waals surface area contributed by atoms with Crippen LogP contribution in [0.15, 0.2) is 73.2 Å². The summed E-state index contributed by atoms with van der Waals surface area (Å²) in [5.41, 5.74) is 7.34. The highest BCUT2D eigenvalue weighted by molar-refractivity contribution is 6.05. The third-order valence-corrected chi connectivity index (χ3v) is 9.01. The number of imide groups is 1. The summed E-state index contributed by atoms with van der Waals surface area (Å²) in [6.45, 7) is 7.42. The first-order valence-electron chi connectivity index (χ1n) is 15.4. The van der Waals surface area contributed by atoms with Crippen LogP contribution in [0, 0.1) is 0 Å². The third kappa shape index (κ3) is 5.93. The van der Waals surface area contributed by atoms with Crippen molar-refractivity contribution < 1.29 is 14.4 Å². The zero-order valence-corrected chi connectivity index (χ0v) is 25.4. The maximum absolute atomic E-state index is 13.0. The van der Waals surface area contributed by atoms with E-state index in [0.717, 1.165) is 41.9 Å². The Kier molecular flexibility index (Phi) is 7.58. The van der Waals surface area contributed by atoms with Gasteiger partial charge in [0.05, 0.1) is 0 Å². The number of aromatic nitrogens is 3. The lowest BCUT2D eigenvalue weighted by Gasteiger charge is -2.39. The first-order valence-corrected chi connectivity index (χ1v) is 15.4. The van der Waals surface area contributed by atoms with Crippen molar-refractivity contribution in [3.8, 4) is 11.1 Å². The fourth-order valence-electron chi connectivity index (χ4n) is 6.27. The molecule has 0 radical (unpaired) electrons. The second-order valence-corrected chi connectivity index (χ2v) is 12.5. The molecule has 2 N–H and O–H groups in total. The number of piperidine rings is 1. The minimum absolute atomic E-state index is 0.130. The smallest absolute Gasteiger partial charge is 0.255 e. The Hall–Kier alpha value is -4.96. The summed E-state index contributed by atoms with van der Waals surface area (Å²) < 4.78 is 0. The number of anilines is 2. The van der Waals surface area contributed by atoms with Crippen LogP contribution in [-0.2, 0) is 22.7 Å². The number of carbonyl (C=O) groups excluding carboxylic acids is 3. The molecule has 10 nitrogen and oxygen atoms in total. The number of likely N-dealkylation sites (tertiary alicyclic amines) is 1. The Balaban J connectivity index is 0.915. The summed E-state index contributed by atoms with van der Waals surface area (Å²) in [5, 5.41) is 5.52. The summed E-state index contributed by atoms with van der Waals surface area (Å²) in [5.74, 6) is 1.24. The molecule has 3 amide bonds. The normalized spacial score (nSPS) is 18.6. The molecule has 2 aromatic carbocycles. The number of pyridine rings is 1. The highest BCUT2D eigenvalue weighted by Crippen LogP contribution is 2.34. The molecule has 7 rings (SSSR count). The first-order chi connectivity index (χ1) is 21.8. The van der Waals surface area contributed by atoms with Crippen LogP contribution in [0.3, 0.4) is 0 Å². The minimum Gasteiger partial charge on any atom is -0.322 e. The van der Waals surface area contributed by atoms with Crippen molar-refractivity contribution in [3.63, 3.8) is 0 Å². The average Bonchev–Trinajstić information content (AvgIpc) is 3.34. The number of hydrogen-bond acceptors (Lipinski definition) is 8. The maximum atomic E-state index is 13.0. The Morgan fingerprint density at radius 1 is 0.911 bits per heavy atom. The second kappa shape index (κ2) is 11.9. The van der Waals surface area contributed by atoms with Gasteiger partial charge in [-0.05, 0) is 58.4 Å². The van der Waals surface area contributed by atoms with Crippen molar-refractivity contribution in [2.24, 2.45) is 0 Å². The lowest BCUT2D eigenvalue weighted by Crippen LogP contribution is -2.52. The van der Waals surface area contributed by atoms with Gasteiger partial charge in [0.1, 0.15) is 11.9 Å². The van der Waals surface area contributed by atoms with Crippen LogP contribution in [0.25, 0.3) is 11.1 Å². The molecule has 3 aliphatic heterocycles. The van der Waals surface area contributed by atoms with Gasteiger partial charge in [-0.1, -0.05) is 50.2 Å². The van der Waals surface area contributed by atoms with Gasteiger partial charge in [0.25, 0.3) is 5.91 Å². The van der Waals surface area contributed by atoms with Gasteiger partial charge in [0.15, 0.2) is 0 Å². The number of nitrogens with one attached hydrogen (secondary N) is 2. The van der Waals surface area contributed by atoms with E-state index in [-0.39, 0.29) is 24.1 Å². The van der Waals surface area contributed by atoms with Crippen LogP contribution in [0.4, 0.5) is 11.8 Å². The molecule has 4 aromatic rings. The van der Waals surface area contributed by atoms with Crippen LogP contribution >= 0.6 is 0 Å². The molecule has 2 fully saturated rings. The van der Waals surface area contributed by atoms with E-state index in [2.05, 4.69) is 74.7 Å². The van der Waals surface area contributed by atoms with Crippen LogP contribution in [-0.4, -0.2) is 61.6 Å². The second-order valence-electron chi connectivity index (χ2n) is 12.5. The lowest BCUT2D eigenvalue weighted by atomic mass is 9.89. The minimum atomic E-state index is -0.586. The number of rotatable bonds is 8. The molecule has 5 heterocycles. The highest BCUT2D eigenvalue weighted by Gasteiger charge is 2.39. The zero-order valence-electron chi connectivity index (χ0n) is 25.4. The number of fused-ring (bicyclic) bond motifs is 1. The first kappa shape index (κ1) is 28.8. The molecule has 1 atom stereocenters. The van der Waals surface area contributed by atoms with Crippen LogP contribution < -0.4 is 10.6 Å². The van der Waals surface area contributed by atoms with Crippen LogP contribution in [0.1, 0.15) is 71.1 Å². The lowest BCUT2D eigenvalue weighted by molar-refractivity contribution is -0.136. The van der Waals surface area contributed by atoms with E-state index in [1.54, 1.807) is 4.90 Å². The van der Waals surface area contributed by atoms with Gasteiger partial charge in [-0.2, -0.15) is 0 Å². The molecule has 0 spiro atoms. The number of nitrogens with zero attached hydrogens (tertiary/aromatic N) is 5. The molecule has 0 aliphatic carbocycles. The Bertz CT molecular complexity index is 1750. The fourth-order valence-corrected chi connectivity index (χ4v) is 6.27. The largest absolute Gasteiger partial charge is 0.322 e. The van der Waals surface area contributed by atoms with Gasteiger partial charge >= 0.3 is 0 Å². The standard InChI is InChI=1S/C35H35N7O3/c1-21(2)27-15-37-35(38-16-27)39-31-11-8-25(14-36-31)23-5-3-22(4-6-23)17-41-18-28(19-41)24-7-9-29-26(13-24)20-42(34(29)45)30-10-12-32(43)40-33(30)44/h3-9,11,13-16,21,28,30H,10,12,17-20H2,1-2H3,(H,40,43,44)(H,36,37,38,39). The number of hydrogen-bond donors (Lipinski definition) is 2. The SMILES string of the molecule is CC(C)c1cnc(Nc2ccc(-c3ccc(CN4CC(c5ccc6c(c5)CN(C5CCC(=O)NC5=O)C6=O)C4)cc3)cn2)nc1. The fraction of sp³-hybridized carbons (Fsp3) is 0.314. The Morgan fingerprint density at radius 3 is 2.36 bits per heavy atom. The third-order valence-electron chi connectivity index (χ3n) is 9.01. The van der Waals surface area contributed by atoms with Crippen molar-refractivity contribution in [1.82, 2.24) is 30.1 Å². The predicted octanol–water partition coefficient (Wildman–Crippen LogP) is 4.77. The predicted molar refractivity (Wildman–Crippen MR) is 170 cm³/mol. The summed E-state index contributed by atoms with van der Waals surface area (Å²) >= 11 is 0. The number of amides is 3. The van der Waals surface area contributed by atoms with Gasteiger partial charge in [0.2, 0.25) is 17.8 Å². The monoisotopic (exact) mass is 601 g/mol. The molecule has 228 valence electrons. The quantitative estimate of drug-likeness (QED) is 0.277. The van der Waals surface area contributed by atoms with Gasteiger partial charge < -0.3 is 10.2 Å². The van der Waals surface area contributed by atoms with Crippen LogP contribution in [0.5, 0.6) is 0 Å². The van der Waals surface area contributed by atoms with Crippen LogP contribution in [0.2, 0.25) is 0 Å². The van der Waals surface area contributed by atoms with E-state index >= 15 is 0 Å². The molecular weight excluding hydrogens is 566 g/mol. The van der Waals surface area contributed by atoms with Gasteiger partial charge in [-0.3, -0.25) is 24.6 Å². The summed E-state index contributed by atoms with van der Waals surface area (Å²) in [4.78, 5) is 54.2. The van der Waals surface area contributed by atoms with E-state index in [9.17, 15) is 14.4 Å². The molecule has 45 heavy (non-hydrogen) atoms. The molecule has 0 saturated carbocycles. The molecular formula is C35H35N7O3. The molecule has 2 saturated heterocycles. The summed E-state index contributed by atoms with van der Waals surface area (Å²) in [7, 11) is 0. The molecule has 2 aromatic heterocycles. The van der Waals surface area contributed by atoms with Crippen molar-refractivity contribution in [2.75, 3.05) is 18.4 Å². The van der Waals surface area contributed by atoms with Gasteiger partial charge in [0, 0.05) is 68.2 Å². The molecule has 3 aliphatic rings. The topological polar surface area (TPSA) is 120 Å². The van der Waals surface area contributed by atoms with Gasteiger partial charge in [-0.25, -0.2) is 15.0 Å². The van der Waals surface area contributed by atoms with Crippen molar-refractivity contribution in [1.29, 1.82) is 0 Å². The van der Waals surface area contributed by atoms with Crippen molar-refractivity contribution >= 4 is 29.5 Å². The number of benzene rings is 2. The van der Waals surface area contributed by atoms with E-state index in [1.165, 1.54) is 11.1 Å². The van der Waals surface area contributed by atoms with E-state index in [1.807, 2.05) is 42.9 Å². The maximum Gasteiger partial charge on any atom is 0.255 e. The summed E-state index contributed by atoms with van der Waals surface area (Å²) in [6.07, 6.45) is 6.17. The molecule has 10 heteroatoms. The zero-order chi connectivity index (χ0) is 31.1. The van der Waals surface area contributed by atoms with Crippen molar-refractivity contribution in [3.05, 3.63) is 101 Å². The highest BCUT2D eigenvalue weighted by atomic mass is 16.2. The number of carbonyl (C=O) groups is 3. The Morgan fingerprint density at radius 2 is 1.67 bits per heavy atom. The van der Waals surface area contributed by atoms with E-state index in [4.69, 9.17) is 0 Å². The molecule has 0 bridgehead atoms. The molecule has 1 unspecified atom stereocenters. The van der Waals surface area contributed by atoms with E-state index < -0.39 is 6.04 Å². The summed E-state index contributed by atoms with van der Waals surface area (Å²) in [6, 6.07) is 18.1. The van der Waals surface area contributed by atoms with Crippen molar-refractivity contribution in [2.45, 2.75) is 57.7 Å².